The van der Waals surface area contributed by atoms with Crippen LogP contribution >= 0.6 is 46.4 Å². The highest BCUT2D eigenvalue weighted by molar-refractivity contribution is 6.40. The fourth-order valence-electron chi connectivity index (χ4n) is 1.22. The first-order valence-corrected chi connectivity index (χ1v) is 5.45. The number of aromatic nitrogens is 2. The van der Waals surface area contributed by atoms with Crippen LogP contribution in [0.2, 0.25) is 20.4 Å². The van der Waals surface area contributed by atoms with Crippen molar-refractivity contribution in [2.45, 2.75) is 0 Å². The molecule has 0 spiro atoms. The maximum atomic E-state index is 6.01. The third-order valence-corrected chi connectivity index (χ3v) is 2.99. The average Bonchev–Trinajstić information content (AvgIpc) is 2.51. The Morgan fingerprint density at radius 2 is 1.80 bits per heavy atom. The van der Waals surface area contributed by atoms with E-state index in [-0.39, 0.29) is 5.15 Å². The molecule has 1 aromatic carbocycles. The van der Waals surface area contributed by atoms with Gasteiger partial charge < -0.3 is 0 Å². The van der Waals surface area contributed by atoms with E-state index in [2.05, 4.69) is 10.2 Å². The van der Waals surface area contributed by atoms with Gasteiger partial charge in [0.25, 0.3) is 0 Å². The predicted molar refractivity (Wildman–Crippen MR) is 64.1 cm³/mol. The Balaban J connectivity index is 2.68. The number of hydrogen-bond acceptors (Lipinski definition) is 1. The smallest absolute Gasteiger partial charge is 0.160 e. The predicted octanol–water partition coefficient (Wildman–Crippen LogP) is 4.69. The minimum absolute atomic E-state index is 0.268. The first-order chi connectivity index (χ1) is 7.09. The summed E-state index contributed by atoms with van der Waals surface area (Å²) in [5, 5.41) is 8.02. The van der Waals surface area contributed by atoms with Gasteiger partial charge in [0.15, 0.2) is 5.15 Å². The van der Waals surface area contributed by atoms with Crippen LogP contribution in [0.3, 0.4) is 0 Å². The van der Waals surface area contributed by atoms with E-state index < -0.39 is 0 Å². The Kier molecular flexibility index (Phi) is 3.12. The third-order valence-electron chi connectivity index (χ3n) is 1.88. The SMILES string of the molecule is Clc1ccc(Cl)c(-c2c(Cl)n[nH]c2Cl)c1. The van der Waals surface area contributed by atoms with E-state index >= 15 is 0 Å². The summed E-state index contributed by atoms with van der Waals surface area (Å²) in [5.74, 6) is 0. The zero-order valence-corrected chi connectivity index (χ0v) is 10.2. The molecule has 0 aliphatic rings. The fraction of sp³-hybridized carbons (Fsp3) is 0. The maximum absolute atomic E-state index is 6.01. The van der Waals surface area contributed by atoms with Gasteiger partial charge in [0.1, 0.15) is 5.15 Å². The summed E-state index contributed by atoms with van der Waals surface area (Å²) in [6.45, 7) is 0. The van der Waals surface area contributed by atoms with E-state index in [0.717, 1.165) is 0 Å². The second kappa shape index (κ2) is 4.22. The number of hydrogen-bond donors (Lipinski definition) is 1. The molecule has 0 saturated carbocycles. The van der Waals surface area contributed by atoms with E-state index in [1.54, 1.807) is 18.2 Å². The first-order valence-electron chi connectivity index (χ1n) is 3.94. The lowest BCUT2D eigenvalue weighted by molar-refractivity contribution is 1.09. The highest BCUT2D eigenvalue weighted by atomic mass is 35.5. The summed E-state index contributed by atoms with van der Waals surface area (Å²) < 4.78 is 0. The van der Waals surface area contributed by atoms with Crippen LogP contribution in [0.15, 0.2) is 18.2 Å². The quantitative estimate of drug-likeness (QED) is 0.807. The average molecular weight is 282 g/mol. The number of nitrogens with one attached hydrogen (secondary N) is 1. The molecule has 0 aliphatic carbocycles. The van der Waals surface area contributed by atoms with Gasteiger partial charge in [-0.05, 0) is 18.2 Å². The molecule has 0 atom stereocenters. The van der Waals surface area contributed by atoms with E-state index in [0.29, 0.717) is 26.3 Å². The maximum Gasteiger partial charge on any atom is 0.160 e. The van der Waals surface area contributed by atoms with Crippen molar-refractivity contribution in [1.29, 1.82) is 0 Å². The van der Waals surface area contributed by atoms with Gasteiger partial charge in [-0.3, -0.25) is 5.10 Å². The van der Waals surface area contributed by atoms with E-state index in [4.69, 9.17) is 46.4 Å². The Labute approximate surface area is 106 Å². The van der Waals surface area contributed by atoms with Gasteiger partial charge in [0, 0.05) is 15.6 Å². The second-order valence-electron chi connectivity index (χ2n) is 2.83. The molecule has 0 amide bonds. The first kappa shape index (κ1) is 11.1. The molecule has 0 bridgehead atoms. The number of nitrogens with zero attached hydrogens (tertiary/aromatic N) is 1. The van der Waals surface area contributed by atoms with Crippen LogP contribution in [0.25, 0.3) is 11.1 Å². The van der Waals surface area contributed by atoms with Crippen molar-refractivity contribution in [2.24, 2.45) is 0 Å². The van der Waals surface area contributed by atoms with Gasteiger partial charge in [0.05, 0.1) is 5.56 Å². The summed E-state index contributed by atoms with van der Waals surface area (Å²) in [6.07, 6.45) is 0. The lowest BCUT2D eigenvalue weighted by Crippen LogP contribution is -1.79. The molecule has 0 unspecified atom stereocenters. The van der Waals surface area contributed by atoms with E-state index in [1.807, 2.05) is 0 Å². The van der Waals surface area contributed by atoms with Gasteiger partial charge in [-0.2, -0.15) is 5.10 Å². The topological polar surface area (TPSA) is 28.7 Å². The Morgan fingerprint density at radius 1 is 1.07 bits per heavy atom. The fourth-order valence-corrected chi connectivity index (χ4v) is 2.12. The number of benzene rings is 1. The normalized spacial score (nSPS) is 10.7. The summed E-state index contributed by atoms with van der Waals surface area (Å²) >= 11 is 23.7. The Morgan fingerprint density at radius 3 is 2.40 bits per heavy atom. The molecule has 0 fully saturated rings. The lowest BCUT2D eigenvalue weighted by atomic mass is 10.1. The van der Waals surface area contributed by atoms with Crippen molar-refractivity contribution in [3.05, 3.63) is 38.6 Å². The Hall–Kier alpha value is -0.410. The number of H-pyrrole nitrogens is 1. The largest absolute Gasteiger partial charge is 0.265 e. The van der Waals surface area contributed by atoms with Crippen molar-refractivity contribution < 1.29 is 0 Å². The molecule has 6 heteroatoms. The van der Waals surface area contributed by atoms with Crippen LogP contribution in [0.1, 0.15) is 0 Å². The van der Waals surface area contributed by atoms with Crippen LogP contribution in [-0.4, -0.2) is 10.2 Å². The van der Waals surface area contributed by atoms with Crippen molar-refractivity contribution in [3.8, 4) is 11.1 Å². The molecule has 78 valence electrons. The molecule has 1 aromatic heterocycles. The summed E-state index contributed by atoms with van der Waals surface area (Å²) in [6, 6.07) is 5.06. The highest BCUT2D eigenvalue weighted by Gasteiger charge is 2.15. The molecule has 0 saturated heterocycles. The molecule has 1 N–H and O–H groups in total. The molecule has 0 aliphatic heterocycles. The molecular weight excluding hydrogens is 278 g/mol. The van der Waals surface area contributed by atoms with Gasteiger partial charge in [0.2, 0.25) is 0 Å². The molecule has 2 aromatic rings. The zero-order valence-electron chi connectivity index (χ0n) is 7.19. The third kappa shape index (κ3) is 2.08. The molecule has 2 nitrogen and oxygen atoms in total. The molecule has 1 heterocycles. The van der Waals surface area contributed by atoms with Gasteiger partial charge in [-0.1, -0.05) is 46.4 Å². The molecule has 15 heavy (non-hydrogen) atoms. The number of rotatable bonds is 1. The summed E-state index contributed by atoms with van der Waals surface area (Å²) in [7, 11) is 0. The summed E-state index contributed by atoms with van der Waals surface area (Å²) in [4.78, 5) is 0. The van der Waals surface area contributed by atoms with Crippen LogP contribution in [0.4, 0.5) is 0 Å². The van der Waals surface area contributed by atoms with Gasteiger partial charge in [-0.25, -0.2) is 0 Å². The zero-order chi connectivity index (χ0) is 11.0. The van der Waals surface area contributed by atoms with Crippen molar-refractivity contribution in [2.75, 3.05) is 0 Å². The van der Waals surface area contributed by atoms with E-state index in [9.17, 15) is 0 Å². The monoisotopic (exact) mass is 280 g/mol. The van der Waals surface area contributed by atoms with Gasteiger partial charge in [-0.15, -0.1) is 0 Å². The van der Waals surface area contributed by atoms with Crippen LogP contribution in [-0.2, 0) is 0 Å². The lowest BCUT2D eigenvalue weighted by Gasteiger charge is -2.03. The van der Waals surface area contributed by atoms with E-state index in [1.165, 1.54) is 0 Å². The molecular formula is C9H4Cl4N2. The highest BCUT2D eigenvalue weighted by Crippen LogP contribution is 2.38. The molecule has 0 radical (unpaired) electrons. The van der Waals surface area contributed by atoms with Crippen LogP contribution < -0.4 is 0 Å². The van der Waals surface area contributed by atoms with Crippen LogP contribution in [0.5, 0.6) is 0 Å². The number of aromatic amines is 1. The Bertz CT molecular complexity index is 487. The number of halogens is 4. The van der Waals surface area contributed by atoms with Crippen molar-refractivity contribution >= 4 is 46.4 Å². The second-order valence-corrected chi connectivity index (χ2v) is 4.41. The summed E-state index contributed by atoms with van der Waals surface area (Å²) in [5.41, 5.74) is 1.22. The minimum atomic E-state index is 0.268. The van der Waals surface area contributed by atoms with Crippen LogP contribution in [0, 0.1) is 0 Å². The van der Waals surface area contributed by atoms with Gasteiger partial charge >= 0.3 is 0 Å². The van der Waals surface area contributed by atoms with Crippen molar-refractivity contribution in [3.63, 3.8) is 0 Å². The van der Waals surface area contributed by atoms with Crippen molar-refractivity contribution in [1.82, 2.24) is 10.2 Å². The minimum Gasteiger partial charge on any atom is -0.265 e. The standard InChI is InChI=1S/C9H4Cl4N2/c10-4-1-2-6(11)5(3-4)7-8(12)14-15-9(7)13/h1-3H,(H,14,15). The molecule has 2 rings (SSSR count).